The fraction of sp³-hybridized carbons (Fsp3) is 0.818. The summed E-state index contributed by atoms with van der Waals surface area (Å²) in [5, 5.41) is 1.95. The molecule has 0 saturated carbocycles. The molecule has 5 nitrogen and oxygen atoms in total. The van der Waals surface area contributed by atoms with Crippen LogP contribution < -0.4 is 11.1 Å². The predicted molar refractivity (Wildman–Crippen MR) is 62.1 cm³/mol. The maximum Gasteiger partial charge on any atom is 0.415 e. The third-order valence-corrected chi connectivity index (χ3v) is 3.17. The molecule has 2 amide bonds. The Morgan fingerprint density at radius 1 is 1.21 bits per heavy atom. The molecule has 19 heavy (non-hydrogen) atoms. The number of nitrogens with one attached hydrogen (secondary N) is 1. The van der Waals surface area contributed by atoms with E-state index in [-0.39, 0.29) is 5.91 Å². The minimum atomic E-state index is -4.86. The van der Waals surface area contributed by atoms with Crippen molar-refractivity contribution in [3.05, 3.63) is 0 Å². The van der Waals surface area contributed by atoms with Gasteiger partial charge in [0, 0.05) is 13.1 Å². The molecule has 1 unspecified atom stereocenters. The van der Waals surface area contributed by atoms with Crippen LogP contribution in [-0.4, -0.2) is 48.1 Å². The molecule has 1 heterocycles. The van der Waals surface area contributed by atoms with Crippen LogP contribution in [0.2, 0.25) is 0 Å². The summed E-state index contributed by atoms with van der Waals surface area (Å²) < 4.78 is 37.4. The summed E-state index contributed by atoms with van der Waals surface area (Å²) >= 11 is 0. The fourth-order valence-electron chi connectivity index (χ4n) is 1.72. The van der Waals surface area contributed by atoms with Gasteiger partial charge in [0.1, 0.15) is 0 Å². The molecule has 0 bridgehead atoms. The van der Waals surface area contributed by atoms with Gasteiger partial charge in [-0.1, -0.05) is 0 Å². The van der Waals surface area contributed by atoms with E-state index in [9.17, 15) is 22.8 Å². The zero-order valence-corrected chi connectivity index (χ0v) is 10.7. The number of amides is 2. The first-order chi connectivity index (χ1) is 8.66. The summed E-state index contributed by atoms with van der Waals surface area (Å²) in [6.07, 6.45) is -2.08. The number of likely N-dealkylation sites (tertiary alicyclic amines) is 1. The Kier molecular flexibility index (Phi) is 4.78. The Labute approximate surface area is 109 Å². The van der Waals surface area contributed by atoms with E-state index in [0.29, 0.717) is 20.0 Å². The first kappa shape index (κ1) is 15.7. The number of halogens is 3. The summed E-state index contributed by atoms with van der Waals surface area (Å²) in [5.74, 6) is -1.78. The molecule has 1 fully saturated rings. The number of carbonyl (C=O) groups is 2. The van der Waals surface area contributed by atoms with Gasteiger partial charge in [-0.3, -0.25) is 9.59 Å². The molecule has 1 atom stereocenters. The van der Waals surface area contributed by atoms with Crippen LogP contribution in [0.5, 0.6) is 0 Å². The van der Waals surface area contributed by atoms with E-state index >= 15 is 0 Å². The molecule has 1 saturated heterocycles. The van der Waals surface area contributed by atoms with E-state index in [1.165, 1.54) is 4.90 Å². The Morgan fingerprint density at radius 3 is 2.21 bits per heavy atom. The van der Waals surface area contributed by atoms with E-state index in [4.69, 9.17) is 5.73 Å². The second-order valence-electron chi connectivity index (χ2n) is 4.82. The van der Waals surface area contributed by atoms with Gasteiger partial charge in [-0.05, 0) is 26.2 Å². The molecule has 0 radical (unpaired) electrons. The maximum atomic E-state index is 12.5. The highest BCUT2D eigenvalue weighted by Gasteiger charge is 2.53. The number of rotatable bonds is 3. The Balaban J connectivity index is 2.48. The lowest BCUT2D eigenvalue weighted by atomic mass is 10.0. The number of nitrogens with two attached hydrogens (primary N) is 1. The molecule has 0 aromatic heterocycles. The molecule has 0 aliphatic carbocycles. The van der Waals surface area contributed by atoms with E-state index in [2.05, 4.69) is 0 Å². The van der Waals surface area contributed by atoms with Gasteiger partial charge in [-0.25, -0.2) is 0 Å². The van der Waals surface area contributed by atoms with Gasteiger partial charge < -0.3 is 16.0 Å². The van der Waals surface area contributed by atoms with Gasteiger partial charge in [0.05, 0.1) is 6.54 Å². The summed E-state index contributed by atoms with van der Waals surface area (Å²) in [7, 11) is 0. The second-order valence-corrected chi connectivity index (χ2v) is 4.82. The highest BCUT2D eigenvalue weighted by molar-refractivity contribution is 5.90. The lowest BCUT2D eigenvalue weighted by Crippen LogP contribution is -2.62. The van der Waals surface area contributed by atoms with Crippen molar-refractivity contribution >= 4 is 11.8 Å². The molecule has 1 rings (SSSR count). The van der Waals surface area contributed by atoms with Crippen LogP contribution in [0.3, 0.4) is 0 Å². The minimum absolute atomic E-state index is 0.383. The zero-order chi connectivity index (χ0) is 14.7. The summed E-state index contributed by atoms with van der Waals surface area (Å²) in [4.78, 5) is 24.6. The van der Waals surface area contributed by atoms with Crippen molar-refractivity contribution in [3.8, 4) is 0 Å². The lowest BCUT2D eigenvalue weighted by molar-refractivity contribution is -0.187. The largest absolute Gasteiger partial charge is 0.415 e. The van der Waals surface area contributed by atoms with Crippen LogP contribution in [0.4, 0.5) is 13.2 Å². The van der Waals surface area contributed by atoms with Crippen molar-refractivity contribution in [2.45, 2.75) is 37.9 Å². The van der Waals surface area contributed by atoms with Crippen molar-refractivity contribution in [1.82, 2.24) is 10.2 Å². The lowest BCUT2D eigenvalue weighted by Gasteiger charge is -2.29. The van der Waals surface area contributed by atoms with Crippen LogP contribution in [0.1, 0.15) is 26.2 Å². The molecule has 1 aliphatic rings. The molecule has 110 valence electrons. The van der Waals surface area contributed by atoms with Gasteiger partial charge >= 0.3 is 6.18 Å². The highest BCUT2D eigenvalue weighted by atomic mass is 19.4. The predicted octanol–water partition coefficient (Wildman–Crippen LogP) is 0.395. The molecule has 0 spiro atoms. The van der Waals surface area contributed by atoms with Gasteiger partial charge in [0.2, 0.25) is 11.8 Å². The third kappa shape index (κ3) is 3.82. The Hall–Kier alpha value is -1.31. The number of hydrogen-bond donors (Lipinski definition) is 2. The Bertz CT molecular complexity index is 350. The van der Waals surface area contributed by atoms with Gasteiger partial charge in [-0.2, -0.15) is 13.2 Å². The standard InChI is InChI=1S/C11H18F3N3O2/c1-10(15,11(12,13)14)9(19)16-7-8(18)17-5-3-2-4-6-17/h2-7,15H2,1H3,(H,16,19). The number of carbonyl (C=O) groups excluding carboxylic acids is 2. The number of nitrogens with zero attached hydrogens (tertiary/aromatic N) is 1. The maximum absolute atomic E-state index is 12.5. The first-order valence-electron chi connectivity index (χ1n) is 6.08. The van der Waals surface area contributed by atoms with Crippen LogP contribution >= 0.6 is 0 Å². The first-order valence-corrected chi connectivity index (χ1v) is 6.08. The van der Waals surface area contributed by atoms with Crippen LogP contribution in [0, 0.1) is 0 Å². The van der Waals surface area contributed by atoms with E-state index in [0.717, 1.165) is 19.3 Å². The molecule has 1 aliphatic heterocycles. The fourth-order valence-corrected chi connectivity index (χ4v) is 1.72. The van der Waals surface area contributed by atoms with Crippen molar-refractivity contribution in [2.75, 3.05) is 19.6 Å². The molecule has 3 N–H and O–H groups in total. The van der Waals surface area contributed by atoms with Gasteiger partial charge in [0.15, 0.2) is 5.54 Å². The summed E-state index contributed by atoms with van der Waals surface area (Å²) in [6, 6.07) is 0. The number of alkyl halides is 3. The van der Waals surface area contributed by atoms with Crippen LogP contribution in [0.25, 0.3) is 0 Å². The third-order valence-electron chi connectivity index (χ3n) is 3.17. The average Bonchev–Trinajstić information content (AvgIpc) is 2.35. The van der Waals surface area contributed by atoms with Crippen LogP contribution in [-0.2, 0) is 9.59 Å². The number of piperidine rings is 1. The van der Waals surface area contributed by atoms with Crippen LogP contribution in [0.15, 0.2) is 0 Å². The summed E-state index contributed by atoms with van der Waals surface area (Å²) in [6.45, 7) is 1.27. The quantitative estimate of drug-likeness (QED) is 0.786. The topological polar surface area (TPSA) is 75.4 Å². The van der Waals surface area contributed by atoms with E-state index < -0.39 is 24.2 Å². The molecule has 8 heteroatoms. The van der Waals surface area contributed by atoms with E-state index in [1.807, 2.05) is 5.32 Å². The number of hydrogen-bond acceptors (Lipinski definition) is 3. The average molecular weight is 281 g/mol. The Morgan fingerprint density at radius 2 is 1.74 bits per heavy atom. The highest BCUT2D eigenvalue weighted by Crippen LogP contribution is 2.27. The van der Waals surface area contributed by atoms with Gasteiger partial charge in [0.25, 0.3) is 0 Å². The SMILES string of the molecule is CC(N)(C(=O)NCC(=O)N1CCCCC1)C(F)(F)F. The molecular formula is C11H18F3N3O2. The molecular weight excluding hydrogens is 263 g/mol. The van der Waals surface area contributed by atoms with Crippen molar-refractivity contribution in [1.29, 1.82) is 0 Å². The van der Waals surface area contributed by atoms with Gasteiger partial charge in [-0.15, -0.1) is 0 Å². The monoisotopic (exact) mass is 281 g/mol. The summed E-state index contributed by atoms with van der Waals surface area (Å²) in [5.41, 5.74) is 1.95. The molecule has 0 aromatic carbocycles. The molecule has 0 aromatic rings. The smallest absolute Gasteiger partial charge is 0.345 e. The van der Waals surface area contributed by atoms with Crippen molar-refractivity contribution in [3.63, 3.8) is 0 Å². The van der Waals surface area contributed by atoms with Crippen molar-refractivity contribution in [2.24, 2.45) is 5.73 Å². The minimum Gasteiger partial charge on any atom is -0.345 e. The second kappa shape index (κ2) is 5.77. The van der Waals surface area contributed by atoms with Crippen molar-refractivity contribution < 1.29 is 22.8 Å². The normalized spacial score (nSPS) is 19.7. The van der Waals surface area contributed by atoms with E-state index in [1.54, 1.807) is 0 Å². The zero-order valence-electron chi connectivity index (χ0n) is 10.7.